The number of halogens is 2. The third kappa shape index (κ3) is 3.38. The fourth-order valence-electron chi connectivity index (χ4n) is 2.08. The van der Waals surface area contributed by atoms with Gasteiger partial charge in [-0.1, -0.05) is 0 Å². The van der Waals surface area contributed by atoms with Gasteiger partial charge < -0.3 is 9.64 Å². The van der Waals surface area contributed by atoms with E-state index in [0.29, 0.717) is 19.7 Å². The van der Waals surface area contributed by atoms with Crippen LogP contribution in [0, 0.1) is 0 Å². The van der Waals surface area contributed by atoms with Crippen molar-refractivity contribution in [1.29, 1.82) is 0 Å². The molecule has 2 rings (SSSR count). The lowest BCUT2D eigenvalue weighted by Gasteiger charge is -2.31. The number of nitrogens with zero attached hydrogens (tertiary/aromatic N) is 1. The Kier molecular flexibility index (Phi) is 4.58. The van der Waals surface area contributed by atoms with Gasteiger partial charge in [0, 0.05) is 18.7 Å². The smallest absolute Gasteiger partial charge is 0.341 e. The minimum absolute atomic E-state index is 0.0683. The van der Waals surface area contributed by atoms with E-state index in [-0.39, 0.29) is 17.6 Å². The average molecular weight is 319 g/mol. The minimum Gasteiger partial charge on any atom is -0.375 e. The zero-order valence-corrected chi connectivity index (χ0v) is 12.1. The van der Waals surface area contributed by atoms with Gasteiger partial charge in [-0.15, -0.1) is 0 Å². The van der Waals surface area contributed by atoms with Crippen LogP contribution < -0.4 is 0 Å². The third-order valence-electron chi connectivity index (χ3n) is 3.19. The Morgan fingerprint density at radius 1 is 1.33 bits per heavy atom. The fraction of sp³-hybridized carbons (Fsp3) is 0.462. The first-order valence-corrected chi connectivity index (χ1v) is 7.90. The van der Waals surface area contributed by atoms with E-state index in [1.54, 1.807) is 4.90 Å². The van der Waals surface area contributed by atoms with Gasteiger partial charge in [-0.2, -0.15) is 8.78 Å². The number of carbonyl (C=O) groups excluding carboxylic acids is 1. The summed E-state index contributed by atoms with van der Waals surface area (Å²) in [6.07, 6.45) is -0.0683. The average Bonchev–Trinajstić information content (AvgIpc) is 2.46. The van der Waals surface area contributed by atoms with Crippen molar-refractivity contribution in [3.8, 4) is 0 Å². The molecule has 1 unspecified atom stereocenters. The number of ether oxygens (including phenoxy) is 1. The summed E-state index contributed by atoms with van der Waals surface area (Å²) >= 11 is 0. The highest BCUT2D eigenvalue weighted by Crippen LogP contribution is 2.19. The number of sulfone groups is 1. The van der Waals surface area contributed by atoms with Gasteiger partial charge in [-0.25, -0.2) is 8.42 Å². The second-order valence-electron chi connectivity index (χ2n) is 4.76. The fourth-order valence-corrected chi connectivity index (χ4v) is 2.80. The first-order valence-electron chi connectivity index (χ1n) is 6.35. The normalized spacial score (nSPS) is 19.8. The number of hydrogen-bond donors (Lipinski definition) is 0. The molecule has 0 aliphatic carbocycles. The van der Waals surface area contributed by atoms with E-state index in [2.05, 4.69) is 0 Å². The van der Waals surface area contributed by atoms with Crippen LogP contribution in [0.1, 0.15) is 17.3 Å². The zero-order chi connectivity index (χ0) is 15.6. The van der Waals surface area contributed by atoms with Gasteiger partial charge in [0.1, 0.15) is 0 Å². The Balaban J connectivity index is 2.17. The highest BCUT2D eigenvalue weighted by Gasteiger charge is 2.27. The van der Waals surface area contributed by atoms with Crippen LogP contribution in [0.2, 0.25) is 0 Å². The lowest BCUT2D eigenvalue weighted by molar-refractivity contribution is -0.0124. The minimum atomic E-state index is -4.63. The quantitative estimate of drug-likeness (QED) is 0.848. The lowest BCUT2D eigenvalue weighted by atomic mass is 10.2. The van der Waals surface area contributed by atoms with Crippen molar-refractivity contribution < 1.29 is 26.7 Å². The van der Waals surface area contributed by atoms with E-state index in [0.717, 1.165) is 12.1 Å². The van der Waals surface area contributed by atoms with E-state index < -0.39 is 20.5 Å². The van der Waals surface area contributed by atoms with Crippen LogP contribution in [0.15, 0.2) is 29.2 Å². The maximum atomic E-state index is 12.4. The molecule has 1 aliphatic heterocycles. The van der Waals surface area contributed by atoms with Crippen LogP contribution in [0.4, 0.5) is 8.78 Å². The molecule has 1 aromatic rings. The second kappa shape index (κ2) is 6.07. The Bertz CT molecular complexity index is 616. The van der Waals surface area contributed by atoms with Crippen LogP contribution in [-0.4, -0.2) is 50.8 Å². The van der Waals surface area contributed by atoms with Crippen LogP contribution >= 0.6 is 0 Å². The summed E-state index contributed by atoms with van der Waals surface area (Å²) in [6.45, 7) is 3.17. The van der Waals surface area contributed by atoms with E-state index in [1.807, 2.05) is 6.92 Å². The van der Waals surface area contributed by atoms with Crippen LogP contribution in [0.25, 0.3) is 0 Å². The summed E-state index contributed by atoms with van der Waals surface area (Å²) in [5, 5.41) is 0. The first kappa shape index (κ1) is 15.8. The number of alkyl halides is 2. The van der Waals surface area contributed by atoms with Crippen molar-refractivity contribution in [3.63, 3.8) is 0 Å². The number of hydrogen-bond acceptors (Lipinski definition) is 4. The molecule has 8 heteroatoms. The number of carbonyl (C=O) groups is 1. The van der Waals surface area contributed by atoms with Crippen LogP contribution in [-0.2, 0) is 14.6 Å². The van der Waals surface area contributed by atoms with Gasteiger partial charge >= 0.3 is 5.76 Å². The molecule has 0 aromatic heterocycles. The molecule has 1 aromatic carbocycles. The molecule has 1 saturated heterocycles. The van der Waals surface area contributed by atoms with Crippen LogP contribution in [0.5, 0.6) is 0 Å². The summed E-state index contributed by atoms with van der Waals surface area (Å²) in [5.74, 6) is -3.75. The van der Waals surface area contributed by atoms with Crippen LogP contribution in [0.3, 0.4) is 0 Å². The molecule has 0 spiro atoms. The van der Waals surface area contributed by atoms with Crippen molar-refractivity contribution in [1.82, 2.24) is 4.90 Å². The number of morpholine rings is 1. The summed E-state index contributed by atoms with van der Waals surface area (Å²) in [7, 11) is -4.63. The lowest BCUT2D eigenvalue weighted by Crippen LogP contribution is -2.44. The van der Waals surface area contributed by atoms with Crippen molar-refractivity contribution >= 4 is 15.7 Å². The molecule has 0 saturated carbocycles. The number of amides is 1. The molecule has 1 fully saturated rings. The summed E-state index contributed by atoms with van der Waals surface area (Å²) in [6, 6.07) is 4.55. The molecule has 1 aliphatic rings. The molecular formula is C13H15F2NO4S. The summed E-state index contributed by atoms with van der Waals surface area (Å²) in [4.78, 5) is 13.3. The SMILES string of the molecule is CC1CN(C(=O)c2ccc(S(=O)(=O)C(F)F)cc2)CCO1. The summed E-state index contributed by atoms with van der Waals surface area (Å²) < 4.78 is 52.7. The Labute approximate surface area is 121 Å². The zero-order valence-electron chi connectivity index (χ0n) is 11.3. The predicted molar refractivity (Wildman–Crippen MR) is 70.9 cm³/mol. The number of benzene rings is 1. The van der Waals surface area contributed by atoms with Gasteiger partial charge in [0.25, 0.3) is 5.91 Å². The van der Waals surface area contributed by atoms with Gasteiger partial charge in [0.15, 0.2) is 0 Å². The van der Waals surface area contributed by atoms with Crippen molar-refractivity contribution in [2.24, 2.45) is 0 Å². The van der Waals surface area contributed by atoms with E-state index in [9.17, 15) is 22.0 Å². The highest BCUT2D eigenvalue weighted by atomic mass is 32.2. The van der Waals surface area contributed by atoms with Gasteiger partial charge in [0.2, 0.25) is 9.84 Å². The second-order valence-corrected chi connectivity index (χ2v) is 6.68. The van der Waals surface area contributed by atoms with E-state index in [4.69, 9.17) is 4.74 Å². The van der Waals surface area contributed by atoms with Gasteiger partial charge in [0.05, 0.1) is 17.6 Å². The van der Waals surface area contributed by atoms with E-state index in [1.165, 1.54) is 12.1 Å². The molecule has 116 valence electrons. The molecule has 0 bridgehead atoms. The van der Waals surface area contributed by atoms with Crippen molar-refractivity contribution in [3.05, 3.63) is 29.8 Å². The number of rotatable bonds is 3. The topological polar surface area (TPSA) is 63.7 Å². The molecular weight excluding hydrogens is 304 g/mol. The molecule has 21 heavy (non-hydrogen) atoms. The first-order chi connectivity index (χ1) is 9.82. The van der Waals surface area contributed by atoms with Crippen molar-refractivity contribution in [2.75, 3.05) is 19.7 Å². The molecule has 5 nitrogen and oxygen atoms in total. The predicted octanol–water partition coefficient (Wildman–Crippen LogP) is 1.54. The van der Waals surface area contributed by atoms with Gasteiger partial charge in [-0.3, -0.25) is 4.79 Å². The highest BCUT2D eigenvalue weighted by molar-refractivity contribution is 7.91. The maximum absolute atomic E-state index is 12.4. The monoisotopic (exact) mass is 319 g/mol. The Hall–Kier alpha value is -1.54. The standard InChI is InChI=1S/C13H15F2NO4S/c1-9-8-16(6-7-20-9)12(17)10-2-4-11(5-3-10)21(18,19)13(14)15/h2-5,9,13H,6-8H2,1H3. The van der Waals surface area contributed by atoms with Crippen molar-refractivity contribution in [2.45, 2.75) is 23.7 Å². The third-order valence-corrected chi connectivity index (χ3v) is 4.59. The molecule has 0 radical (unpaired) electrons. The molecule has 1 atom stereocenters. The molecule has 1 amide bonds. The Morgan fingerprint density at radius 2 is 1.95 bits per heavy atom. The van der Waals surface area contributed by atoms with E-state index >= 15 is 0 Å². The molecule has 1 heterocycles. The summed E-state index contributed by atoms with van der Waals surface area (Å²) in [5.41, 5.74) is 0.261. The van der Waals surface area contributed by atoms with Gasteiger partial charge in [-0.05, 0) is 31.2 Å². The maximum Gasteiger partial charge on any atom is 0.341 e. The largest absolute Gasteiger partial charge is 0.375 e. The Morgan fingerprint density at radius 3 is 2.48 bits per heavy atom. The molecule has 0 N–H and O–H groups in total.